The summed E-state index contributed by atoms with van der Waals surface area (Å²) < 4.78 is 13.7. The number of rotatable bonds is 12. The van der Waals surface area contributed by atoms with E-state index in [-0.39, 0.29) is 12.1 Å². The van der Waals surface area contributed by atoms with E-state index in [4.69, 9.17) is 9.47 Å². The van der Waals surface area contributed by atoms with Crippen LogP contribution in [0.25, 0.3) is 0 Å². The lowest BCUT2D eigenvalue weighted by Gasteiger charge is -2.34. The van der Waals surface area contributed by atoms with Gasteiger partial charge >= 0.3 is 6.03 Å². The summed E-state index contributed by atoms with van der Waals surface area (Å²) in [5.41, 5.74) is 1.98. The first-order valence-corrected chi connectivity index (χ1v) is 12.5. The van der Waals surface area contributed by atoms with Crippen molar-refractivity contribution in [1.29, 1.82) is 0 Å². The second-order valence-corrected chi connectivity index (χ2v) is 9.32. The van der Waals surface area contributed by atoms with Crippen molar-refractivity contribution >= 4 is 11.7 Å². The molecule has 1 aromatic carbocycles. The number of carbonyl (C=O) groups excluding carboxylic acids is 1. The molecule has 0 unspecified atom stereocenters. The number of nitrogens with one attached hydrogen (secondary N) is 1. The SMILES string of the molecule is COc1cc(N(C(=O)NCCCn2cncc2C)C2CCCCC2)ccc1OCCCN(C)C. The zero-order valence-corrected chi connectivity index (χ0v) is 21.3. The summed E-state index contributed by atoms with van der Waals surface area (Å²) >= 11 is 0. The highest BCUT2D eigenvalue weighted by atomic mass is 16.5. The molecule has 1 aromatic heterocycles. The number of methoxy groups -OCH3 is 1. The second-order valence-electron chi connectivity index (χ2n) is 9.32. The van der Waals surface area contributed by atoms with Crippen LogP contribution in [-0.2, 0) is 6.54 Å². The normalized spacial score (nSPS) is 14.3. The van der Waals surface area contributed by atoms with Crippen molar-refractivity contribution in [3.8, 4) is 11.5 Å². The van der Waals surface area contributed by atoms with E-state index in [0.717, 1.165) is 63.0 Å². The van der Waals surface area contributed by atoms with Gasteiger partial charge in [-0.25, -0.2) is 9.78 Å². The van der Waals surface area contributed by atoms with Crippen molar-refractivity contribution in [3.05, 3.63) is 36.4 Å². The van der Waals surface area contributed by atoms with Gasteiger partial charge in [-0.1, -0.05) is 19.3 Å². The molecule has 1 aliphatic rings. The fourth-order valence-electron chi connectivity index (χ4n) is 4.47. The van der Waals surface area contributed by atoms with Gasteiger partial charge in [-0.05, 0) is 58.8 Å². The van der Waals surface area contributed by atoms with Crippen molar-refractivity contribution in [2.45, 2.75) is 64.5 Å². The van der Waals surface area contributed by atoms with Crippen LogP contribution < -0.4 is 19.7 Å². The highest BCUT2D eigenvalue weighted by molar-refractivity contribution is 5.93. The van der Waals surface area contributed by atoms with Crippen molar-refractivity contribution in [3.63, 3.8) is 0 Å². The standard InChI is InChI=1S/C26H41N5O3/c1-21-19-27-20-30(21)16-8-14-28-26(32)31(22-10-6-5-7-11-22)23-12-13-24(25(18-23)33-4)34-17-9-15-29(2)3/h12-13,18-20,22H,5-11,14-17H2,1-4H3,(H,28,32). The molecule has 2 amide bonds. The monoisotopic (exact) mass is 471 g/mol. The largest absolute Gasteiger partial charge is 0.493 e. The summed E-state index contributed by atoms with van der Waals surface area (Å²) in [6.45, 7) is 5.08. The Morgan fingerprint density at radius 3 is 2.65 bits per heavy atom. The van der Waals surface area contributed by atoms with Gasteiger partial charge in [-0.2, -0.15) is 0 Å². The molecule has 0 atom stereocenters. The first kappa shape index (κ1) is 25.9. The van der Waals surface area contributed by atoms with Gasteiger partial charge in [-0.3, -0.25) is 4.90 Å². The Balaban J connectivity index is 1.66. The third-order valence-corrected chi connectivity index (χ3v) is 6.36. The van der Waals surface area contributed by atoms with Crippen molar-refractivity contribution in [2.75, 3.05) is 45.8 Å². The first-order valence-electron chi connectivity index (χ1n) is 12.5. The van der Waals surface area contributed by atoms with Gasteiger partial charge in [0.1, 0.15) is 0 Å². The molecule has 0 aliphatic heterocycles. The van der Waals surface area contributed by atoms with Crippen LogP contribution >= 0.6 is 0 Å². The Morgan fingerprint density at radius 2 is 1.97 bits per heavy atom. The smallest absolute Gasteiger partial charge is 0.322 e. The van der Waals surface area contributed by atoms with Crippen LogP contribution in [0.2, 0.25) is 0 Å². The number of ether oxygens (including phenoxy) is 2. The zero-order chi connectivity index (χ0) is 24.3. The molecular weight excluding hydrogens is 430 g/mol. The van der Waals surface area contributed by atoms with Gasteiger partial charge in [0.05, 0.1) is 20.0 Å². The number of amides is 2. The van der Waals surface area contributed by atoms with Gasteiger partial charge < -0.3 is 24.3 Å². The van der Waals surface area contributed by atoms with E-state index in [1.54, 1.807) is 7.11 Å². The predicted molar refractivity (Wildman–Crippen MR) is 136 cm³/mol. The van der Waals surface area contributed by atoms with E-state index >= 15 is 0 Å². The Kier molecular flexibility index (Phi) is 10.1. The van der Waals surface area contributed by atoms with Crippen LogP contribution in [0.1, 0.15) is 50.6 Å². The van der Waals surface area contributed by atoms with Crippen LogP contribution in [0.4, 0.5) is 10.5 Å². The Labute approximate surface area is 204 Å². The van der Waals surface area contributed by atoms with E-state index < -0.39 is 0 Å². The maximum Gasteiger partial charge on any atom is 0.322 e. The molecule has 3 rings (SSSR count). The number of carbonyl (C=O) groups is 1. The third kappa shape index (κ3) is 7.38. The molecule has 0 radical (unpaired) electrons. The van der Waals surface area contributed by atoms with Crippen LogP contribution in [-0.4, -0.2) is 67.4 Å². The molecule has 1 fully saturated rings. The highest BCUT2D eigenvalue weighted by Gasteiger charge is 2.27. The van der Waals surface area contributed by atoms with Gasteiger partial charge in [0, 0.05) is 49.3 Å². The summed E-state index contributed by atoms with van der Waals surface area (Å²) in [5.74, 6) is 1.37. The maximum atomic E-state index is 13.3. The average Bonchev–Trinajstić information content (AvgIpc) is 3.25. The number of anilines is 1. The second kappa shape index (κ2) is 13.2. The molecule has 8 heteroatoms. The number of urea groups is 1. The minimum atomic E-state index is -0.0454. The van der Waals surface area contributed by atoms with Gasteiger partial charge in [-0.15, -0.1) is 0 Å². The van der Waals surface area contributed by atoms with E-state index in [2.05, 4.69) is 33.9 Å². The van der Waals surface area contributed by atoms with Crippen molar-refractivity contribution < 1.29 is 14.3 Å². The number of nitrogens with zero attached hydrogens (tertiary/aromatic N) is 4. The molecule has 0 bridgehead atoms. The van der Waals surface area contributed by atoms with Crippen LogP contribution in [0.15, 0.2) is 30.7 Å². The fourth-order valence-corrected chi connectivity index (χ4v) is 4.47. The van der Waals surface area contributed by atoms with Gasteiger partial charge in [0.2, 0.25) is 0 Å². The molecule has 1 heterocycles. The Morgan fingerprint density at radius 1 is 1.18 bits per heavy atom. The van der Waals surface area contributed by atoms with E-state index in [0.29, 0.717) is 24.7 Å². The Hall–Kier alpha value is -2.74. The molecular formula is C26H41N5O3. The predicted octanol–water partition coefficient (Wildman–Crippen LogP) is 4.47. The summed E-state index contributed by atoms with van der Waals surface area (Å²) in [6.07, 6.45) is 11.1. The number of aromatic nitrogens is 2. The van der Waals surface area contributed by atoms with Crippen molar-refractivity contribution in [1.82, 2.24) is 19.8 Å². The molecule has 2 aromatic rings. The summed E-state index contributed by atoms with van der Waals surface area (Å²) in [4.78, 5) is 21.6. The number of imidazole rings is 1. The first-order chi connectivity index (χ1) is 16.5. The Bertz CT molecular complexity index is 892. The zero-order valence-electron chi connectivity index (χ0n) is 21.3. The molecule has 0 saturated heterocycles. The molecule has 188 valence electrons. The highest BCUT2D eigenvalue weighted by Crippen LogP contribution is 2.35. The third-order valence-electron chi connectivity index (χ3n) is 6.36. The molecule has 1 saturated carbocycles. The van der Waals surface area contributed by atoms with E-state index in [9.17, 15) is 4.79 Å². The van der Waals surface area contributed by atoms with Crippen LogP contribution in [0.5, 0.6) is 11.5 Å². The molecule has 8 nitrogen and oxygen atoms in total. The number of benzene rings is 1. The quantitative estimate of drug-likeness (QED) is 0.463. The number of hydrogen-bond donors (Lipinski definition) is 1. The number of hydrogen-bond acceptors (Lipinski definition) is 5. The minimum Gasteiger partial charge on any atom is -0.493 e. The molecule has 0 spiro atoms. The van der Waals surface area contributed by atoms with E-state index in [1.807, 2.05) is 42.5 Å². The van der Waals surface area contributed by atoms with Crippen LogP contribution in [0, 0.1) is 6.92 Å². The van der Waals surface area contributed by atoms with Gasteiger partial charge in [0.25, 0.3) is 0 Å². The summed E-state index contributed by atoms with van der Waals surface area (Å²) in [7, 11) is 5.76. The fraction of sp³-hybridized carbons (Fsp3) is 0.615. The minimum absolute atomic E-state index is 0.0454. The molecule has 34 heavy (non-hydrogen) atoms. The lowest BCUT2D eigenvalue weighted by atomic mass is 9.94. The average molecular weight is 472 g/mol. The van der Waals surface area contributed by atoms with Crippen molar-refractivity contribution in [2.24, 2.45) is 0 Å². The van der Waals surface area contributed by atoms with Crippen LogP contribution in [0.3, 0.4) is 0 Å². The summed E-state index contributed by atoms with van der Waals surface area (Å²) in [5, 5.41) is 3.14. The molecule has 1 aliphatic carbocycles. The number of aryl methyl sites for hydroxylation is 2. The van der Waals surface area contributed by atoms with Gasteiger partial charge in [0.15, 0.2) is 11.5 Å². The maximum absolute atomic E-state index is 13.3. The van der Waals surface area contributed by atoms with E-state index in [1.165, 1.54) is 6.42 Å². The topological polar surface area (TPSA) is 71.9 Å². The molecule has 1 N–H and O–H groups in total. The lowest BCUT2D eigenvalue weighted by Crippen LogP contribution is -2.47. The summed E-state index contributed by atoms with van der Waals surface area (Å²) in [6, 6.07) is 5.99. The lowest BCUT2D eigenvalue weighted by molar-refractivity contribution is 0.241.